The molecule has 4 aromatic carbocycles. The van der Waals surface area contributed by atoms with Gasteiger partial charge in [0.05, 0.1) is 7.11 Å². The minimum atomic E-state index is -0.988. The lowest BCUT2D eigenvalue weighted by Gasteiger charge is -2.15. The number of fused-ring (bicyclic) bond motifs is 1. The number of benzene rings is 4. The van der Waals surface area contributed by atoms with Crippen LogP contribution in [0.3, 0.4) is 0 Å². The molecule has 0 aliphatic rings. The number of rotatable bonds is 6. The highest BCUT2D eigenvalue weighted by Crippen LogP contribution is 2.41. The van der Waals surface area contributed by atoms with Crippen LogP contribution < -0.4 is 9.47 Å². The molecule has 0 saturated carbocycles. The molecule has 4 aromatic rings. The lowest BCUT2D eigenvalue weighted by atomic mass is 9.99. The van der Waals surface area contributed by atoms with Crippen molar-refractivity contribution in [1.29, 1.82) is 0 Å². The van der Waals surface area contributed by atoms with E-state index < -0.39 is 5.97 Å². The summed E-state index contributed by atoms with van der Waals surface area (Å²) in [5.74, 6) is 1.12. The molecule has 31 heavy (non-hydrogen) atoms. The van der Waals surface area contributed by atoms with Crippen molar-refractivity contribution in [1.82, 2.24) is 0 Å². The van der Waals surface area contributed by atoms with Crippen molar-refractivity contribution in [3.63, 3.8) is 0 Å². The molecule has 0 saturated heterocycles. The molecular formula is C26H19ClO4. The van der Waals surface area contributed by atoms with E-state index >= 15 is 0 Å². The van der Waals surface area contributed by atoms with Gasteiger partial charge in [0.15, 0.2) is 0 Å². The van der Waals surface area contributed by atoms with Crippen molar-refractivity contribution in [2.45, 2.75) is 0 Å². The fraction of sp³-hybridized carbons (Fsp3) is 0.0385. The van der Waals surface area contributed by atoms with Crippen molar-refractivity contribution in [2.75, 3.05) is 7.11 Å². The molecule has 0 atom stereocenters. The fourth-order valence-electron chi connectivity index (χ4n) is 3.33. The minimum Gasteiger partial charge on any atom is -0.497 e. The monoisotopic (exact) mass is 430 g/mol. The van der Waals surface area contributed by atoms with E-state index in [-0.39, 0.29) is 0 Å². The van der Waals surface area contributed by atoms with Crippen LogP contribution in [0.4, 0.5) is 0 Å². The van der Waals surface area contributed by atoms with Gasteiger partial charge in [-0.25, -0.2) is 4.79 Å². The van der Waals surface area contributed by atoms with E-state index in [9.17, 15) is 4.79 Å². The number of aliphatic carboxylic acids is 1. The summed E-state index contributed by atoms with van der Waals surface area (Å²) in [4.78, 5) is 10.7. The molecule has 0 bridgehead atoms. The van der Waals surface area contributed by atoms with Crippen molar-refractivity contribution >= 4 is 34.4 Å². The lowest BCUT2D eigenvalue weighted by molar-refractivity contribution is -0.131. The van der Waals surface area contributed by atoms with E-state index in [4.69, 9.17) is 26.2 Å². The zero-order valence-electron chi connectivity index (χ0n) is 16.7. The number of halogens is 1. The van der Waals surface area contributed by atoms with Gasteiger partial charge in [-0.05, 0) is 71.1 Å². The van der Waals surface area contributed by atoms with Gasteiger partial charge in [-0.3, -0.25) is 0 Å². The number of ether oxygens (including phenoxy) is 2. The Morgan fingerprint density at radius 2 is 1.71 bits per heavy atom. The molecule has 1 N–H and O–H groups in total. The average Bonchev–Trinajstić information content (AvgIpc) is 2.78. The molecule has 0 amide bonds. The van der Waals surface area contributed by atoms with Crippen LogP contribution in [0.2, 0.25) is 5.02 Å². The zero-order chi connectivity index (χ0) is 21.8. The quantitative estimate of drug-likeness (QED) is 0.333. The highest BCUT2D eigenvalue weighted by atomic mass is 35.5. The van der Waals surface area contributed by atoms with Gasteiger partial charge in [-0.15, -0.1) is 0 Å². The van der Waals surface area contributed by atoms with Gasteiger partial charge in [0, 0.05) is 22.0 Å². The zero-order valence-corrected chi connectivity index (χ0v) is 17.5. The molecule has 0 aliphatic carbocycles. The summed E-state index contributed by atoms with van der Waals surface area (Å²) >= 11 is 6.23. The van der Waals surface area contributed by atoms with Crippen LogP contribution in [0.15, 0.2) is 84.9 Å². The summed E-state index contributed by atoms with van der Waals surface area (Å²) in [5, 5.41) is 11.4. The van der Waals surface area contributed by atoms with Gasteiger partial charge in [0.25, 0.3) is 0 Å². The molecule has 4 rings (SSSR count). The van der Waals surface area contributed by atoms with Gasteiger partial charge in [0.1, 0.15) is 17.2 Å². The summed E-state index contributed by atoms with van der Waals surface area (Å²) in [6, 6.07) is 24.7. The smallest absolute Gasteiger partial charge is 0.328 e. The molecule has 154 valence electrons. The Balaban J connectivity index is 1.80. The Bertz CT molecular complexity index is 1280. The number of carboxylic acids is 1. The molecule has 0 aliphatic heterocycles. The topological polar surface area (TPSA) is 55.8 Å². The van der Waals surface area contributed by atoms with E-state index in [0.717, 1.165) is 39.3 Å². The van der Waals surface area contributed by atoms with Crippen molar-refractivity contribution in [3.05, 3.63) is 95.5 Å². The van der Waals surface area contributed by atoms with Gasteiger partial charge in [-0.1, -0.05) is 41.9 Å². The molecular weight excluding hydrogens is 412 g/mol. The molecule has 0 fully saturated rings. The Morgan fingerprint density at radius 1 is 0.935 bits per heavy atom. The first-order valence-corrected chi connectivity index (χ1v) is 9.97. The maximum absolute atomic E-state index is 10.7. The molecule has 0 heterocycles. The Morgan fingerprint density at radius 3 is 2.42 bits per heavy atom. The third kappa shape index (κ3) is 4.71. The summed E-state index contributed by atoms with van der Waals surface area (Å²) in [6.45, 7) is 0. The third-order valence-corrected chi connectivity index (χ3v) is 5.07. The van der Waals surface area contributed by atoms with Crippen molar-refractivity contribution < 1.29 is 19.4 Å². The first kappa shape index (κ1) is 20.5. The average molecular weight is 431 g/mol. The van der Waals surface area contributed by atoms with E-state index in [0.29, 0.717) is 16.5 Å². The molecule has 0 spiro atoms. The second-order valence-corrected chi connectivity index (χ2v) is 7.32. The number of methoxy groups -OCH3 is 1. The van der Waals surface area contributed by atoms with Gasteiger partial charge >= 0.3 is 5.97 Å². The van der Waals surface area contributed by atoms with Crippen LogP contribution in [-0.4, -0.2) is 18.2 Å². The van der Waals surface area contributed by atoms with Gasteiger partial charge in [0.2, 0.25) is 0 Å². The van der Waals surface area contributed by atoms with Crippen LogP contribution in [0, 0.1) is 0 Å². The molecule has 0 unspecified atom stereocenters. The van der Waals surface area contributed by atoms with Gasteiger partial charge < -0.3 is 14.6 Å². The maximum Gasteiger partial charge on any atom is 0.328 e. The van der Waals surface area contributed by atoms with Crippen LogP contribution in [-0.2, 0) is 4.79 Å². The highest BCUT2D eigenvalue weighted by molar-refractivity contribution is 6.30. The summed E-state index contributed by atoms with van der Waals surface area (Å²) in [5.41, 5.74) is 2.63. The summed E-state index contributed by atoms with van der Waals surface area (Å²) in [7, 11) is 1.64. The first-order valence-electron chi connectivity index (χ1n) is 9.59. The number of hydrogen-bond donors (Lipinski definition) is 1. The Labute approximate surface area is 184 Å². The van der Waals surface area contributed by atoms with Crippen molar-refractivity contribution in [2.24, 2.45) is 0 Å². The van der Waals surface area contributed by atoms with E-state index in [1.807, 2.05) is 78.9 Å². The van der Waals surface area contributed by atoms with E-state index in [2.05, 4.69) is 0 Å². The number of hydrogen-bond acceptors (Lipinski definition) is 3. The Kier molecular flexibility index (Phi) is 5.92. The van der Waals surface area contributed by atoms with E-state index in [1.54, 1.807) is 7.11 Å². The number of carboxylic acid groups (broad SMARTS) is 1. The normalized spacial score (nSPS) is 11.0. The van der Waals surface area contributed by atoms with Crippen LogP contribution in [0.25, 0.3) is 28.0 Å². The summed E-state index contributed by atoms with van der Waals surface area (Å²) in [6.07, 6.45) is 2.64. The highest BCUT2D eigenvalue weighted by Gasteiger charge is 2.13. The predicted molar refractivity (Wildman–Crippen MR) is 124 cm³/mol. The largest absolute Gasteiger partial charge is 0.497 e. The fourth-order valence-corrected chi connectivity index (χ4v) is 3.52. The van der Waals surface area contributed by atoms with Crippen molar-refractivity contribution in [3.8, 4) is 28.4 Å². The predicted octanol–water partition coefficient (Wildman–Crippen LogP) is 7.06. The molecule has 0 radical (unpaired) electrons. The first-order chi connectivity index (χ1) is 15.0. The molecule has 4 nitrogen and oxygen atoms in total. The third-order valence-electron chi connectivity index (χ3n) is 4.83. The van der Waals surface area contributed by atoms with Crippen LogP contribution >= 0.6 is 11.6 Å². The van der Waals surface area contributed by atoms with E-state index in [1.165, 1.54) is 6.08 Å². The SMILES string of the molecule is COc1ccc2c(Oc3ccc(C=CC(=O)O)cc3)c(-c3cccc(Cl)c3)ccc2c1. The summed E-state index contributed by atoms with van der Waals surface area (Å²) < 4.78 is 11.7. The Hall–Kier alpha value is -3.76. The molecule has 0 aromatic heterocycles. The second kappa shape index (κ2) is 8.94. The van der Waals surface area contributed by atoms with Crippen LogP contribution in [0.5, 0.6) is 17.2 Å². The standard InChI is InChI=1S/C26H19ClO4/c1-30-22-11-13-24-19(16-22)8-12-23(18-3-2-4-20(27)15-18)26(24)31-21-9-5-17(6-10-21)7-14-25(28)29/h2-16H,1H3,(H,28,29). The maximum atomic E-state index is 10.7. The number of carbonyl (C=O) groups is 1. The minimum absolute atomic E-state index is 0.638. The lowest BCUT2D eigenvalue weighted by Crippen LogP contribution is -1.92. The van der Waals surface area contributed by atoms with Gasteiger partial charge in [-0.2, -0.15) is 0 Å². The second-order valence-electron chi connectivity index (χ2n) is 6.88. The van der Waals surface area contributed by atoms with Crippen LogP contribution in [0.1, 0.15) is 5.56 Å². The molecule has 5 heteroatoms.